The highest BCUT2D eigenvalue weighted by Gasteiger charge is 2.35. The summed E-state index contributed by atoms with van der Waals surface area (Å²) in [5.74, 6) is -2.53. The molecule has 0 N–H and O–H groups in total. The van der Waals surface area contributed by atoms with Crippen LogP contribution in [0.3, 0.4) is 0 Å². The quantitative estimate of drug-likeness (QED) is 0.119. The van der Waals surface area contributed by atoms with Gasteiger partial charge in [0, 0.05) is 5.92 Å². The number of halogens is 2. The third-order valence-corrected chi connectivity index (χ3v) is 6.58. The van der Waals surface area contributed by atoms with Crippen LogP contribution in [0.25, 0.3) is 0 Å². The van der Waals surface area contributed by atoms with Crippen LogP contribution in [0.15, 0.2) is 12.2 Å². The number of hydrogen-bond acceptors (Lipinski definition) is 0. The van der Waals surface area contributed by atoms with Crippen molar-refractivity contribution in [2.45, 2.75) is 156 Å². The van der Waals surface area contributed by atoms with Crippen LogP contribution < -0.4 is 0 Å². The van der Waals surface area contributed by atoms with Crippen molar-refractivity contribution >= 4 is 0 Å². The summed E-state index contributed by atoms with van der Waals surface area (Å²) < 4.78 is 29.8. The minimum atomic E-state index is -2.64. The number of rotatable bonds is 22. The lowest BCUT2D eigenvalue weighted by Gasteiger charge is -2.24. The molecule has 0 saturated heterocycles. The predicted molar refractivity (Wildman–Crippen MR) is 131 cm³/mol. The molecule has 0 aliphatic carbocycles. The number of hydrogen-bond donors (Lipinski definition) is 0. The molecule has 0 amide bonds. The first-order chi connectivity index (χ1) is 14.5. The third kappa shape index (κ3) is 16.3. The molecule has 30 heavy (non-hydrogen) atoms. The van der Waals surface area contributed by atoms with Gasteiger partial charge in [-0.3, -0.25) is 0 Å². The minimum absolute atomic E-state index is 0.479. The Balaban J connectivity index is 4.63. The fourth-order valence-electron chi connectivity index (χ4n) is 4.53. The van der Waals surface area contributed by atoms with Gasteiger partial charge in [-0.1, -0.05) is 137 Å². The van der Waals surface area contributed by atoms with Crippen LogP contribution in [0.1, 0.15) is 150 Å². The minimum Gasteiger partial charge on any atom is -0.202 e. The van der Waals surface area contributed by atoms with Crippen molar-refractivity contribution < 1.29 is 8.78 Å². The highest BCUT2D eigenvalue weighted by atomic mass is 19.3. The first kappa shape index (κ1) is 29.6. The lowest BCUT2D eigenvalue weighted by atomic mass is 9.88. The Kier molecular flexibility index (Phi) is 20.2. The second kappa shape index (κ2) is 20.5. The molecule has 0 spiro atoms. The van der Waals surface area contributed by atoms with E-state index in [0.29, 0.717) is 18.8 Å². The molecule has 0 nitrogen and oxygen atoms in total. The van der Waals surface area contributed by atoms with Crippen LogP contribution in [-0.4, -0.2) is 5.92 Å². The monoisotopic (exact) mass is 428 g/mol. The normalized spacial score (nSPS) is 14.5. The summed E-state index contributed by atoms with van der Waals surface area (Å²) in [7, 11) is 0. The van der Waals surface area contributed by atoms with Crippen LogP contribution >= 0.6 is 0 Å². The summed E-state index contributed by atoms with van der Waals surface area (Å²) in [4.78, 5) is 0. The number of alkyl halides is 2. The average Bonchev–Trinajstić information content (AvgIpc) is 2.72. The smallest absolute Gasteiger partial charge is 0.202 e. The molecule has 0 aromatic heterocycles. The van der Waals surface area contributed by atoms with Gasteiger partial charge < -0.3 is 0 Å². The topological polar surface area (TPSA) is 0 Å². The molecule has 2 atom stereocenters. The van der Waals surface area contributed by atoms with Gasteiger partial charge in [-0.25, -0.2) is 8.78 Å². The summed E-state index contributed by atoms with van der Waals surface area (Å²) in [6.45, 7) is 8.69. The average molecular weight is 429 g/mol. The van der Waals surface area contributed by atoms with Crippen molar-refractivity contribution in [1.82, 2.24) is 0 Å². The molecule has 0 aliphatic rings. The van der Waals surface area contributed by atoms with Crippen molar-refractivity contribution in [2.24, 2.45) is 11.8 Å². The van der Waals surface area contributed by atoms with E-state index in [4.69, 9.17) is 0 Å². The Bertz CT molecular complexity index is 375. The first-order valence-corrected chi connectivity index (χ1v) is 13.6. The number of unbranched alkanes of at least 4 members (excludes halogenated alkanes) is 10. The Morgan fingerprint density at radius 3 is 1.53 bits per heavy atom. The van der Waals surface area contributed by atoms with Gasteiger partial charge in [0.1, 0.15) is 0 Å². The molecule has 180 valence electrons. The summed E-state index contributed by atoms with van der Waals surface area (Å²) in [5, 5.41) is 0. The summed E-state index contributed by atoms with van der Waals surface area (Å²) in [5.41, 5.74) is 0. The number of allylic oxidation sites excluding steroid dienone is 2. The van der Waals surface area contributed by atoms with Crippen molar-refractivity contribution in [1.29, 1.82) is 0 Å². The lowest BCUT2D eigenvalue weighted by Crippen LogP contribution is -2.26. The molecule has 0 aliphatic heterocycles. The molecule has 0 heterocycles. The largest absolute Gasteiger partial charge is 0.269 e. The molecule has 0 aromatic rings. The fourth-order valence-corrected chi connectivity index (χ4v) is 4.53. The highest BCUT2D eigenvalue weighted by molar-refractivity contribution is 4.99. The second-order valence-electron chi connectivity index (χ2n) is 9.57. The van der Waals surface area contributed by atoms with Gasteiger partial charge in [0.25, 0.3) is 5.92 Å². The maximum absolute atomic E-state index is 14.9. The van der Waals surface area contributed by atoms with E-state index >= 15 is 0 Å². The van der Waals surface area contributed by atoms with E-state index in [9.17, 15) is 8.78 Å². The van der Waals surface area contributed by atoms with Gasteiger partial charge in [-0.15, -0.1) is 0 Å². The van der Waals surface area contributed by atoms with Gasteiger partial charge in [0.15, 0.2) is 0 Å². The molecule has 2 heteroatoms. The molecular formula is C28H54F2. The van der Waals surface area contributed by atoms with Gasteiger partial charge in [-0.05, 0) is 31.3 Å². The molecule has 0 fully saturated rings. The van der Waals surface area contributed by atoms with Crippen LogP contribution in [0.4, 0.5) is 8.78 Å². The molecule has 2 unspecified atom stereocenters. The van der Waals surface area contributed by atoms with Crippen molar-refractivity contribution in [3.63, 3.8) is 0 Å². The van der Waals surface area contributed by atoms with Crippen molar-refractivity contribution in [3.05, 3.63) is 12.2 Å². The molecular weight excluding hydrogens is 374 g/mol. The zero-order valence-electron chi connectivity index (χ0n) is 21.0. The standard InChI is InChI=1S/C28H54F2/c1-5-9-12-15-17-22-26(21-16-13-10-6-2)23-19-25-28(29,30)27(20-8-4)24-18-14-11-7-3/h19,25-27H,5-18,20-24H2,1-4H3/b25-19+. The predicted octanol–water partition coefficient (Wildman–Crippen LogP) is 10.9. The van der Waals surface area contributed by atoms with Crippen molar-refractivity contribution in [2.75, 3.05) is 0 Å². The van der Waals surface area contributed by atoms with E-state index < -0.39 is 11.8 Å². The molecule has 0 radical (unpaired) electrons. The van der Waals surface area contributed by atoms with Crippen LogP contribution in [0.5, 0.6) is 0 Å². The van der Waals surface area contributed by atoms with E-state index in [1.807, 2.05) is 13.0 Å². The fraction of sp³-hybridized carbons (Fsp3) is 0.929. The molecule has 0 rings (SSSR count). The Morgan fingerprint density at radius 1 is 0.567 bits per heavy atom. The SMILES string of the molecule is CCCCCCCC(C/C=C/C(F)(F)C(CCC)CCCCCC)CCCCCC. The Hall–Kier alpha value is -0.400. The summed E-state index contributed by atoms with van der Waals surface area (Å²) >= 11 is 0. The van der Waals surface area contributed by atoms with Gasteiger partial charge in [0.05, 0.1) is 0 Å². The van der Waals surface area contributed by atoms with E-state index in [-0.39, 0.29) is 0 Å². The second-order valence-corrected chi connectivity index (χ2v) is 9.57. The summed E-state index contributed by atoms with van der Waals surface area (Å²) in [6.07, 6.45) is 24.5. The Labute approximate surface area is 188 Å². The van der Waals surface area contributed by atoms with Crippen molar-refractivity contribution in [3.8, 4) is 0 Å². The maximum atomic E-state index is 14.9. The zero-order valence-corrected chi connectivity index (χ0v) is 21.0. The van der Waals surface area contributed by atoms with E-state index in [1.165, 1.54) is 76.7 Å². The summed E-state index contributed by atoms with van der Waals surface area (Å²) in [6, 6.07) is 0. The molecule has 0 bridgehead atoms. The Morgan fingerprint density at radius 2 is 1.03 bits per heavy atom. The molecule has 0 aromatic carbocycles. The van der Waals surface area contributed by atoms with Gasteiger partial charge >= 0.3 is 0 Å². The van der Waals surface area contributed by atoms with E-state index in [2.05, 4.69) is 20.8 Å². The van der Waals surface area contributed by atoms with E-state index in [0.717, 1.165) is 38.5 Å². The highest BCUT2D eigenvalue weighted by Crippen LogP contribution is 2.34. The molecule has 0 saturated carbocycles. The first-order valence-electron chi connectivity index (χ1n) is 13.6. The maximum Gasteiger partial charge on any atom is 0.269 e. The zero-order chi connectivity index (χ0) is 22.5. The third-order valence-electron chi connectivity index (χ3n) is 6.58. The lowest BCUT2D eigenvalue weighted by molar-refractivity contribution is -0.0179. The van der Waals surface area contributed by atoms with Crippen LogP contribution in [-0.2, 0) is 0 Å². The van der Waals surface area contributed by atoms with Crippen LogP contribution in [0, 0.1) is 11.8 Å². The van der Waals surface area contributed by atoms with Gasteiger partial charge in [0.2, 0.25) is 0 Å². The van der Waals surface area contributed by atoms with Gasteiger partial charge in [-0.2, -0.15) is 0 Å². The van der Waals surface area contributed by atoms with E-state index in [1.54, 1.807) is 0 Å². The van der Waals surface area contributed by atoms with Crippen LogP contribution in [0.2, 0.25) is 0 Å².